The van der Waals surface area contributed by atoms with E-state index in [0.29, 0.717) is 17.9 Å². The minimum absolute atomic E-state index is 0.0846. The molecule has 2 atom stereocenters. The maximum Gasteiger partial charge on any atom is 0.261 e. The third-order valence-corrected chi connectivity index (χ3v) is 6.66. The predicted molar refractivity (Wildman–Crippen MR) is 99.1 cm³/mol. The number of hydrogen-bond acceptors (Lipinski definition) is 6. The highest BCUT2D eigenvalue weighted by Gasteiger charge is 2.32. The molecule has 1 amide bonds. The van der Waals surface area contributed by atoms with Gasteiger partial charge in [0.25, 0.3) is 5.91 Å². The van der Waals surface area contributed by atoms with Gasteiger partial charge < -0.3 is 10.2 Å². The molecule has 1 aromatic carbocycles. The molecule has 0 aliphatic carbocycles. The SMILES string of the molecule is CC1Cc2ccccc2N1C(=O)c1cnc(NC2CCS(=O)(=O)C2)nc1. The first-order valence-corrected chi connectivity index (χ1v) is 10.5. The van der Waals surface area contributed by atoms with E-state index >= 15 is 0 Å². The highest BCUT2D eigenvalue weighted by atomic mass is 32.2. The molecule has 2 aliphatic rings. The molecule has 0 spiro atoms. The molecule has 2 aliphatic heterocycles. The summed E-state index contributed by atoms with van der Waals surface area (Å²) in [5.41, 5.74) is 2.51. The van der Waals surface area contributed by atoms with E-state index in [2.05, 4.69) is 15.3 Å². The smallest absolute Gasteiger partial charge is 0.261 e. The van der Waals surface area contributed by atoms with Gasteiger partial charge in [-0.3, -0.25) is 4.79 Å². The van der Waals surface area contributed by atoms with Gasteiger partial charge in [0.15, 0.2) is 9.84 Å². The number of amides is 1. The van der Waals surface area contributed by atoms with Crippen LogP contribution in [0.4, 0.5) is 11.6 Å². The lowest BCUT2D eigenvalue weighted by molar-refractivity contribution is 0.0981. The van der Waals surface area contributed by atoms with Gasteiger partial charge in [0.1, 0.15) is 0 Å². The standard InChI is InChI=1S/C18H20N4O3S/c1-12-8-13-4-2-3-5-16(13)22(12)17(23)14-9-19-18(20-10-14)21-15-6-7-26(24,25)11-15/h2-5,9-10,12,15H,6-8,11H2,1H3,(H,19,20,21). The number of sulfone groups is 1. The quantitative estimate of drug-likeness (QED) is 0.881. The van der Waals surface area contributed by atoms with E-state index in [4.69, 9.17) is 0 Å². The van der Waals surface area contributed by atoms with Crippen molar-refractivity contribution in [3.05, 3.63) is 47.8 Å². The Morgan fingerprint density at radius 2 is 1.96 bits per heavy atom. The van der Waals surface area contributed by atoms with Gasteiger partial charge in [-0.05, 0) is 31.4 Å². The summed E-state index contributed by atoms with van der Waals surface area (Å²) in [4.78, 5) is 23.1. The molecular weight excluding hydrogens is 352 g/mol. The number of para-hydroxylation sites is 1. The molecule has 4 rings (SSSR count). The average molecular weight is 372 g/mol. The summed E-state index contributed by atoms with van der Waals surface area (Å²) in [7, 11) is -2.96. The predicted octanol–water partition coefficient (Wildman–Crippen LogP) is 1.67. The van der Waals surface area contributed by atoms with Crippen molar-refractivity contribution in [2.24, 2.45) is 0 Å². The fraction of sp³-hybridized carbons (Fsp3) is 0.389. The van der Waals surface area contributed by atoms with Gasteiger partial charge in [-0.2, -0.15) is 0 Å². The summed E-state index contributed by atoms with van der Waals surface area (Å²) in [5, 5.41) is 3.03. The minimum Gasteiger partial charge on any atom is -0.350 e. The van der Waals surface area contributed by atoms with Crippen LogP contribution in [0.25, 0.3) is 0 Å². The van der Waals surface area contributed by atoms with Gasteiger partial charge >= 0.3 is 0 Å². The fourth-order valence-corrected chi connectivity index (χ4v) is 5.29. The zero-order valence-electron chi connectivity index (χ0n) is 14.4. The van der Waals surface area contributed by atoms with Gasteiger partial charge in [0, 0.05) is 30.2 Å². The summed E-state index contributed by atoms with van der Waals surface area (Å²) in [5.74, 6) is 0.503. The Hall–Kier alpha value is -2.48. The second kappa shape index (κ2) is 6.35. The Kier molecular flexibility index (Phi) is 4.14. The van der Waals surface area contributed by atoms with E-state index in [0.717, 1.165) is 17.7 Å². The van der Waals surface area contributed by atoms with Crippen LogP contribution in [0.3, 0.4) is 0 Å². The monoisotopic (exact) mass is 372 g/mol. The fourth-order valence-electron chi connectivity index (χ4n) is 3.62. The number of benzene rings is 1. The van der Waals surface area contributed by atoms with E-state index in [1.165, 1.54) is 12.4 Å². The Bertz CT molecular complexity index is 943. The number of anilines is 2. The van der Waals surface area contributed by atoms with Gasteiger partial charge in [0.05, 0.1) is 17.1 Å². The zero-order valence-corrected chi connectivity index (χ0v) is 15.2. The Morgan fingerprint density at radius 1 is 1.23 bits per heavy atom. The van der Waals surface area contributed by atoms with Crippen molar-refractivity contribution in [2.45, 2.75) is 31.8 Å². The highest BCUT2D eigenvalue weighted by molar-refractivity contribution is 7.91. The lowest BCUT2D eigenvalue weighted by Crippen LogP contribution is -2.35. The molecular formula is C18H20N4O3S. The van der Waals surface area contributed by atoms with Crippen molar-refractivity contribution in [2.75, 3.05) is 21.7 Å². The van der Waals surface area contributed by atoms with E-state index in [1.807, 2.05) is 31.2 Å². The third-order valence-electron chi connectivity index (χ3n) is 4.89. The Labute approximate surface area is 152 Å². The van der Waals surface area contributed by atoms with Crippen molar-refractivity contribution in [1.82, 2.24) is 9.97 Å². The number of carbonyl (C=O) groups excluding carboxylic acids is 1. The summed E-state index contributed by atoms with van der Waals surface area (Å²) >= 11 is 0. The second-order valence-electron chi connectivity index (χ2n) is 6.90. The van der Waals surface area contributed by atoms with Crippen LogP contribution in [0, 0.1) is 0 Å². The molecule has 1 aromatic heterocycles. The maximum atomic E-state index is 12.9. The molecule has 0 saturated carbocycles. The number of aromatic nitrogens is 2. The van der Waals surface area contributed by atoms with Crippen LogP contribution in [0.5, 0.6) is 0 Å². The molecule has 0 bridgehead atoms. The lowest BCUT2D eigenvalue weighted by Gasteiger charge is -2.22. The molecule has 1 N–H and O–H groups in total. The number of carbonyl (C=O) groups is 1. The Balaban J connectivity index is 1.50. The molecule has 0 radical (unpaired) electrons. The van der Waals surface area contributed by atoms with Crippen LogP contribution >= 0.6 is 0 Å². The van der Waals surface area contributed by atoms with E-state index in [9.17, 15) is 13.2 Å². The molecule has 2 unspecified atom stereocenters. The maximum absolute atomic E-state index is 12.9. The molecule has 136 valence electrons. The normalized spacial score (nSPS) is 23.7. The largest absolute Gasteiger partial charge is 0.350 e. The van der Waals surface area contributed by atoms with Crippen LogP contribution in [0.2, 0.25) is 0 Å². The topological polar surface area (TPSA) is 92.3 Å². The Morgan fingerprint density at radius 3 is 2.65 bits per heavy atom. The number of nitrogens with one attached hydrogen (secondary N) is 1. The summed E-state index contributed by atoms with van der Waals surface area (Å²) in [6, 6.07) is 7.81. The average Bonchev–Trinajstić information content (AvgIpc) is 3.13. The van der Waals surface area contributed by atoms with E-state index in [1.54, 1.807) is 4.90 Å². The first kappa shape index (κ1) is 17.0. The van der Waals surface area contributed by atoms with Crippen molar-refractivity contribution in [3.8, 4) is 0 Å². The van der Waals surface area contributed by atoms with Crippen LogP contribution in [-0.2, 0) is 16.3 Å². The van der Waals surface area contributed by atoms with Crippen LogP contribution < -0.4 is 10.2 Å². The number of rotatable bonds is 3. The van der Waals surface area contributed by atoms with E-state index < -0.39 is 9.84 Å². The van der Waals surface area contributed by atoms with Crippen molar-refractivity contribution >= 4 is 27.4 Å². The van der Waals surface area contributed by atoms with Crippen molar-refractivity contribution < 1.29 is 13.2 Å². The minimum atomic E-state index is -2.96. The molecule has 26 heavy (non-hydrogen) atoms. The van der Waals surface area contributed by atoms with Gasteiger partial charge in [-0.1, -0.05) is 18.2 Å². The number of fused-ring (bicyclic) bond motifs is 1. The second-order valence-corrected chi connectivity index (χ2v) is 9.13. The van der Waals surface area contributed by atoms with Crippen molar-refractivity contribution in [1.29, 1.82) is 0 Å². The van der Waals surface area contributed by atoms with Crippen molar-refractivity contribution in [3.63, 3.8) is 0 Å². The van der Waals surface area contributed by atoms with Gasteiger partial charge in [0.2, 0.25) is 5.95 Å². The molecule has 8 heteroatoms. The molecule has 7 nitrogen and oxygen atoms in total. The first-order chi connectivity index (χ1) is 12.4. The van der Waals surface area contributed by atoms with Crippen LogP contribution in [-0.4, -0.2) is 47.9 Å². The summed E-state index contributed by atoms with van der Waals surface area (Å²) in [6.45, 7) is 2.02. The van der Waals surface area contributed by atoms with Gasteiger partial charge in [-0.15, -0.1) is 0 Å². The number of hydrogen-bond donors (Lipinski definition) is 1. The third kappa shape index (κ3) is 3.16. The first-order valence-electron chi connectivity index (χ1n) is 8.63. The van der Waals surface area contributed by atoms with Crippen LogP contribution in [0.15, 0.2) is 36.7 Å². The lowest BCUT2D eigenvalue weighted by atomic mass is 10.1. The summed E-state index contributed by atoms with van der Waals surface area (Å²) in [6.07, 6.45) is 4.37. The summed E-state index contributed by atoms with van der Waals surface area (Å²) < 4.78 is 23.0. The van der Waals surface area contributed by atoms with Gasteiger partial charge in [-0.25, -0.2) is 18.4 Å². The van der Waals surface area contributed by atoms with E-state index in [-0.39, 0.29) is 29.5 Å². The molecule has 1 saturated heterocycles. The molecule has 3 heterocycles. The molecule has 1 fully saturated rings. The highest BCUT2D eigenvalue weighted by Crippen LogP contribution is 2.32. The zero-order chi connectivity index (χ0) is 18.3. The molecule has 2 aromatic rings. The van der Waals surface area contributed by atoms with Crippen LogP contribution in [0.1, 0.15) is 29.3 Å². The number of nitrogens with zero attached hydrogens (tertiary/aromatic N) is 3.